The van der Waals surface area contributed by atoms with Crippen LogP contribution in [0.2, 0.25) is 0 Å². The predicted molar refractivity (Wildman–Crippen MR) is 162 cm³/mol. The minimum atomic E-state index is -3.57. The van der Waals surface area contributed by atoms with Crippen molar-refractivity contribution >= 4 is 38.6 Å². The minimum absolute atomic E-state index is 0. The zero-order valence-electron chi connectivity index (χ0n) is 22.7. The van der Waals surface area contributed by atoms with Crippen LogP contribution in [0.25, 0.3) is 0 Å². The number of aliphatic hydroxyl groups is 1. The Bertz CT molecular complexity index is 1490. The Morgan fingerprint density at radius 3 is 2.59 bits per heavy atom. The van der Waals surface area contributed by atoms with Crippen molar-refractivity contribution in [1.82, 2.24) is 4.90 Å². The summed E-state index contributed by atoms with van der Waals surface area (Å²) in [6.45, 7) is 0.739. The van der Waals surface area contributed by atoms with Crippen molar-refractivity contribution in [2.75, 3.05) is 38.8 Å². The second-order valence-corrected chi connectivity index (χ2v) is 17.1. The van der Waals surface area contributed by atoms with E-state index >= 15 is 0 Å². The summed E-state index contributed by atoms with van der Waals surface area (Å²) in [4.78, 5) is 16.0. The van der Waals surface area contributed by atoms with Gasteiger partial charge in [-0.2, -0.15) is 0 Å². The Balaban J connectivity index is 0.00000387. The molecule has 1 N–H and O–H groups in total. The summed E-state index contributed by atoms with van der Waals surface area (Å²) in [5.41, 5.74) is 4.12. The molecule has 0 fully saturated rings. The fraction of sp³-hybridized carbons (Fsp3) is 0.387. The van der Waals surface area contributed by atoms with Gasteiger partial charge >= 0.3 is 228 Å². The summed E-state index contributed by atoms with van der Waals surface area (Å²) in [6, 6.07) is 19.1. The van der Waals surface area contributed by atoms with E-state index in [0.717, 1.165) is 46.8 Å². The van der Waals surface area contributed by atoms with E-state index in [9.17, 15) is 18.3 Å². The molecule has 2 heterocycles. The quantitative estimate of drug-likeness (QED) is 0.269. The average Bonchev–Trinajstić information content (AvgIpc) is 3.17. The Labute approximate surface area is 248 Å². The molecule has 0 aromatic heterocycles. The van der Waals surface area contributed by atoms with Crippen LogP contribution in [0.1, 0.15) is 37.0 Å². The van der Waals surface area contributed by atoms with Crippen molar-refractivity contribution in [2.45, 2.75) is 50.7 Å². The average molecular weight is 642 g/mol. The molecule has 1 radical (unpaired) electrons. The molecule has 3 aliphatic rings. The van der Waals surface area contributed by atoms with Crippen LogP contribution < -0.4 is 18.7 Å². The molecule has 1 amide bonds. The number of nitrogens with zero attached hydrogens (tertiary/aromatic N) is 2. The first-order valence-electron chi connectivity index (χ1n) is 13.4. The predicted octanol–water partition coefficient (Wildman–Crippen LogP) is 3.15. The van der Waals surface area contributed by atoms with Gasteiger partial charge in [0, 0.05) is 14.1 Å². The molecule has 1 atom stereocenters. The normalized spacial score (nSPS) is 15.9. The van der Waals surface area contributed by atoms with Crippen LogP contribution in [0.4, 0.5) is 5.69 Å². The van der Waals surface area contributed by atoms with Crippen LogP contribution in [0.3, 0.4) is 0 Å². The number of aliphatic hydroxyl groups excluding tert-OH is 1. The van der Waals surface area contributed by atoms with E-state index in [1.54, 1.807) is 26.2 Å². The number of rotatable bonds is 10. The number of carbonyl (C=O) groups is 1. The van der Waals surface area contributed by atoms with Gasteiger partial charge in [-0.25, -0.2) is 0 Å². The number of hydrogen-bond acceptors (Lipinski definition) is 7. The van der Waals surface area contributed by atoms with Crippen molar-refractivity contribution in [3.8, 4) is 11.5 Å². The van der Waals surface area contributed by atoms with Crippen LogP contribution >= 0.6 is 0 Å². The van der Waals surface area contributed by atoms with Gasteiger partial charge in [-0.1, -0.05) is 7.43 Å². The molecule has 219 valence electrons. The third kappa shape index (κ3) is 7.08. The summed E-state index contributed by atoms with van der Waals surface area (Å²) in [5.74, 6) is 0.967. The van der Waals surface area contributed by atoms with E-state index in [1.807, 2.05) is 42.5 Å². The molecule has 0 spiro atoms. The number of anilines is 1. The van der Waals surface area contributed by atoms with Crippen molar-refractivity contribution in [3.63, 3.8) is 0 Å². The maximum atomic E-state index is 13.6. The van der Waals surface area contributed by atoms with E-state index in [0.29, 0.717) is 24.7 Å². The van der Waals surface area contributed by atoms with Crippen molar-refractivity contribution in [3.05, 3.63) is 77.4 Å². The van der Waals surface area contributed by atoms with Crippen molar-refractivity contribution < 1.29 is 27.8 Å². The fourth-order valence-electron chi connectivity index (χ4n) is 5.24. The summed E-state index contributed by atoms with van der Waals surface area (Å²) in [7, 11) is -0.163. The first kappa shape index (κ1) is 30.9. The zero-order chi connectivity index (χ0) is 28.3. The van der Waals surface area contributed by atoms with E-state index in [2.05, 4.69) is 11.0 Å². The van der Waals surface area contributed by atoms with Gasteiger partial charge in [-0.15, -0.1) is 0 Å². The number of carbonyl (C=O) groups excluding carboxylic acids is 1. The van der Waals surface area contributed by atoms with Crippen LogP contribution in [-0.4, -0.2) is 78.8 Å². The third-order valence-electron chi connectivity index (χ3n) is 7.35. The first-order valence-corrected chi connectivity index (χ1v) is 18.1. The van der Waals surface area contributed by atoms with Crippen LogP contribution in [0, 0.1) is 0 Å². The van der Waals surface area contributed by atoms with Gasteiger partial charge < -0.3 is 0 Å². The van der Waals surface area contributed by atoms with E-state index in [1.165, 1.54) is 10.5 Å². The Kier molecular flexibility index (Phi) is 10.1. The third-order valence-corrected chi connectivity index (χ3v) is 13.4. The van der Waals surface area contributed by atoms with Crippen molar-refractivity contribution in [1.29, 1.82) is 0 Å². The van der Waals surface area contributed by atoms with Gasteiger partial charge in [0.1, 0.15) is 0 Å². The molecule has 2 aliphatic heterocycles. The maximum absolute atomic E-state index is 13.6. The van der Waals surface area contributed by atoms with Gasteiger partial charge in [0.05, 0.1) is 0 Å². The first-order chi connectivity index (χ1) is 19.2. The van der Waals surface area contributed by atoms with Crippen LogP contribution in [0.5, 0.6) is 11.5 Å². The van der Waals surface area contributed by atoms with Gasteiger partial charge in [0.2, 0.25) is 0 Å². The summed E-state index contributed by atoms with van der Waals surface area (Å²) < 4.78 is 39.3. The molecule has 3 aromatic rings. The fourth-order valence-corrected chi connectivity index (χ4v) is 11.2. The Morgan fingerprint density at radius 2 is 1.90 bits per heavy atom. The molecule has 10 heteroatoms. The molecular formula is C31H38AsN2O6S. The summed E-state index contributed by atoms with van der Waals surface area (Å²) in [6.07, 6.45) is 3.53. The number of fused-ring (bicyclic) bond motifs is 4. The summed E-state index contributed by atoms with van der Waals surface area (Å²) >= 11 is -1.26. The molecule has 41 heavy (non-hydrogen) atoms. The van der Waals surface area contributed by atoms with E-state index in [4.69, 9.17) is 9.47 Å². The van der Waals surface area contributed by atoms with Crippen LogP contribution in [0.15, 0.2) is 65.6 Å². The molecule has 6 rings (SSSR count). The number of benzene rings is 3. The SMILES string of the molecule is C.CN(C)C(=O)COc1ccc2c(c1)CC(N(CCO)c1ccccc1[As]S(=O)(=O)c1cc3ccc1OC3)CCC2. The monoisotopic (exact) mass is 641 g/mol. The van der Waals surface area contributed by atoms with Crippen molar-refractivity contribution in [2.24, 2.45) is 0 Å². The number of likely N-dealkylation sites (N-methyl/N-ethyl adjacent to an activating group) is 1. The number of amides is 1. The van der Waals surface area contributed by atoms with E-state index in [-0.39, 0.29) is 37.5 Å². The second kappa shape index (κ2) is 13.3. The molecule has 0 saturated heterocycles. The zero-order valence-corrected chi connectivity index (χ0v) is 25.4. The number of para-hydroxylation sites is 1. The second-order valence-electron chi connectivity index (χ2n) is 10.3. The molecule has 1 unspecified atom stereocenters. The number of hydrogen-bond donors (Lipinski definition) is 1. The van der Waals surface area contributed by atoms with Crippen LogP contribution in [-0.2, 0) is 32.3 Å². The van der Waals surface area contributed by atoms with Gasteiger partial charge in [-0.3, -0.25) is 0 Å². The molecule has 8 nitrogen and oxygen atoms in total. The number of aryl methyl sites for hydroxylation is 1. The standard InChI is InChI=1S/C30H34AsN2O6S.CH4/c1-32(2)30(35)20-38-25-12-11-22-6-5-7-24(17-23(22)18-25)33(14-15-34)27-9-4-3-8-26(27)31-40(36,37)29-16-21-10-13-28(29)39-19-21;/h3-4,8-13,16,18,24,34H,5-7,14-15,17,19-20H2,1-2H3;1H4. The molecule has 1 aliphatic carbocycles. The van der Waals surface area contributed by atoms with Gasteiger partial charge in [0.15, 0.2) is 0 Å². The molecule has 0 saturated carbocycles. The van der Waals surface area contributed by atoms with Gasteiger partial charge in [0.25, 0.3) is 0 Å². The Morgan fingerprint density at radius 1 is 1.10 bits per heavy atom. The number of ether oxygens (including phenoxy) is 2. The topological polar surface area (TPSA) is 96.4 Å². The molecular weight excluding hydrogens is 603 g/mol. The van der Waals surface area contributed by atoms with Gasteiger partial charge in [-0.05, 0) is 0 Å². The molecule has 2 bridgehead atoms. The molecule has 3 aromatic carbocycles. The summed E-state index contributed by atoms with van der Waals surface area (Å²) in [5, 5.41) is 10.1. The van der Waals surface area contributed by atoms with E-state index < -0.39 is 22.7 Å². The Hall–Kier alpha value is -3.00.